The number of benzene rings is 1. The van der Waals surface area contributed by atoms with E-state index < -0.39 is 23.7 Å². The topological polar surface area (TPSA) is 138 Å². The van der Waals surface area contributed by atoms with Gasteiger partial charge < -0.3 is 19.9 Å². The van der Waals surface area contributed by atoms with Gasteiger partial charge in [0.05, 0.1) is 18.6 Å². The lowest BCUT2D eigenvalue weighted by Crippen LogP contribution is -2.45. The highest BCUT2D eigenvalue weighted by atomic mass is 17.1. The summed E-state index contributed by atoms with van der Waals surface area (Å²) in [5.74, 6) is -0.541. The Bertz CT molecular complexity index is 613. The fourth-order valence-electron chi connectivity index (χ4n) is 2.13. The van der Waals surface area contributed by atoms with Crippen molar-refractivity contribution < 1.29 is 39.4 Å². The predicted octanol–water partition coefficient (Wildman–Crippen LogP) is 2.16. The zero-order chi connectivity index (χ0) is 21.2. The van der Waals surface area contributed by atoms with Gasteiger partial charge in [0.25, 0.3) is 0 Å². The lowest BCUT2D eigenvalue weighted by molar-refractivity contribution is -0.492. The predicted molar refractivity (Wildman–Crippen MR) is 96.5 cm³/mol. The fraction of sp³-hybridized carbons (Fsp3) is 0.556. The molecule has 28 heavy (non-hydrogen) atoms. The molecular formula is C18H28N2O8. The van der Waals surface area contributed by atoms with Gasteiger partial charge in [0.2, 0.25) is 0 Å². The van der Waals surface area contributed by atoms with Crippen LogP contribution in [0.2, 0.25) is 0 Å². The standard InChI is InChI=1S/C18H28N2O8/c1-18(2,3)28-17(23)19-15(12-13-6-8-14(21)9-7-13)16(22)26-10-4-5-11-27-20(24)25/h6-9,15,21,24-25H,4-5,10-12H2,1-3H3,(H,19,23). The first-order valence-corrected chi connectivity index (χ1v) is 8.81. The summed E-state index contributed by atoms with van der Waals surface area (Å²) in [5.41, 5.74) is -0.000117. The molecule has 0 fully saturated rings. The van der Waals surface area contributed by atoms with Gasteiger partial charge in [-0.1, -0.05) is 12.1 Å². The minimum Gasteiger partial charge on any atom is -0.508 e. The molecule has 4 N–H and O–H groups in total. The summed E-state index contributed by atoms with van der Waals surface area (Å²) in [7, 11) is 0. The number of aromatic hydroxyl groups is 1. The van der Waals surface area contributed by atoms with Gasteiger partial charge in [0, 0.05) is 6.42 Å². The van der Waals surface area contributed by atoms with E-state index in [1.54, 1.807) is 32.9 Å². The number of hydrogen-bond donors (Lipinski definition) is 4. The van der Waals surface area contributed by atoms with Crippen LogP contribution in [0.1, 0.15) is 39.2 Å². The van der Waals surface area contributed by atoms with Crippen molar-refractivity contribution in [3.05, 3.63) is 29.8 Å². The van der Waals surface area contributed by atoms with Crippen LogP contribution in [0.4, 0.5) is 4.79 Å². The second kappa shape index (κ2) is 11.4. The summed E-state index contributed by atoms with van der Waals surface area (Å²) < 4.78 is 10.4. The molecule has 158 valence electrons. The number of phenols is 1. The number of phenolic OH excluding ortho intramolecular Hbond substituents is 1. The highest BCUT2D eigenvalue weighted by Crippen LogP contribution is 2.13. The second-order valence-electron chi connectivity index (χ2n) is 7.03. The number of nitrogens with one attached hydrogen (secondary N) is 1. The molecule has 0 aliphatic heterocycles. The third-order valence-electron chi connectivity index (χ3n) is 3.34. The van der Waals surface area contributed by atoms with Crippen molar-refractivity contribution in [2.75, 3.05) is 13.2 Å². The minimum atomic E-state index is -0.971. The fourth-order valence-corrected chi connectivity index (χ4v) is 2.13. The van der Waals surface area contributed by atoms with E-state index in [0.29, 0.717) is 12.8 Å². The molecule has 0 saturated heterocycles. The van der Waals surface area contributed by atoms with Crippen molar-refractivity contribution in [3.8, 4) is 5.75 Å². The Kier molecular flexibility index (Phi) is 9.66. The van der Waals surface area contributed by atoms with Crippen LogP contribution in [-0.2, 0) is 25.5 Å². The van der Waals surface area contributed by atoms with Gasteiger partial charge >= 0.3 is 12.1 Å². The van der Waals surface area contributed by atoms with Crippen molar-refractivity contribution in [3.63, 3.8) is 0 Å². The highest BCUT2D eigenvalue weighted by Gasteiger charge is 2.25. The lowest BCUT2D eigenvalue weighted by atomic mass is 10.1. The summed E-state index contributed by atoms with van der Waals surface area (Å²) in [4.78, 5) is 28.8. The van der Waals surface area contributed by atoms with Crippen molar-refractivity contribution >= 4 is 12.1 Å². The average Bonchev–Trinajstić information content (AvgIpc) is 2.57. The molecule has 0 bridgehead atoms. The number of ether oxygens (including phenoxy) is 2. The number of amides is 1. The van der Waals surface area contributed by atoms with Gasteiger partial charge in [-0.3, -0.25) is 15.3 Å². The number of unbranched alkanes of at least 4 members (excludes halogenated alkanes) is 1. The first-order valence-electron chi connectivity index (χ1n) is 8.81. The van der Waals surface area contributed by atoms with Crippen LogP contribution in [0, 0.1) is 0 Å². The Labute approximate surface area is 163 Å². The maximum absolute atomic E-state index is 12.4. The van der Waals surface area contributed by atoms with E-state index in [1.807, 2.05) is 0 Å². The van der Waals surface area contributed by atoms with E-state index in [2.05, 4.69) is 10.2 Å². The first kappa shape index (κ1) is 23.6. The van der Waals surface area contributed by atoms with Crippen molar-refractivity contribution in [1.29, 1.82) is 0 Å². The number of nitrogens with zero attached hydrogens (tertiary/aromatic N) is 1. The molecule has 1 atom stereocenters. The molecule has 0 aromatic heterocycles. The quantitative estimate of drug-likeness (QED) is 0.264. The molecule has 0 saturated carbocycles. The summed E-state index contributed by atoms with van der Waals surface area (Å²) >= 11 is 0. The maximum atomic E-state index is 12.4. The summed E-state index contributed by atoms with van der Waals surface area (Å²) in [5, 5.41) is 28.3. The van der Waals surface area contributed by atoms with Crippen LogP contribution >= 0.6 is 0 Å². The largest absolute Gasteiger partial charge is 0.508 e. The Balaban J connectivity index is 2.61. The van der Waals surface area contributed by atoms with Gasteiger partial charge in [-0.25, -0.2) is 9.59 Å². The molecular weight excluding hydrogens is 372 g/mol. The molecule has 10 heteroatoms. The smallest absolute Gasteiger partial charge is 0.408 e. The Morgan fingerprint density at radius 3 is 2.29 bits per heavy atom. The van der Waals surface area contributed by atoms with E-state index in [4.69, 9.17) is 19.9 Å². The van der Waals surface area contributed by atoms with Crippen molar-refractivity contribution in [2.45, 2.75) is 51.7 Å². The Morgan fingerprint density at radius 2 is 1.71 bits per heavy atom. The molecule has 0 aliphatic rings. The summed E-state index contributed by atoms with van der Waals surface area (Å²) in [6.45, 7) is 5.24. The molecule has 0 spiro atoms. The van der Waals surface area contributed by atoms with E-state index in [-0.39, 0.29) is 30.8 Å². The number of hydrogen-bond acceptors (Lipinski definition) is 9. The Morgan fingerprint density at radius 1 is 1.11 bits per heavy atom. The molecule has 1 aromatic rings. The first-order chi connectivity index (χ1) is 13.1. The number of carbonyl (C=O) groups excluding carboxylic acids is 2. The summed E-state index contributed by atoms with van der Waals surface area (Å²) in [6, 6.07) is 5.27. The zero-order valence-electron chi connectivity index (χ0n) is 16.3. The number of esters is 1. The molecule has 0 radical (unpaired) electrons. The van der Waals surface area contributed by atoms with Crippen LogP contribution in [0.15, 0.2) is 24.3 Å². The van der Waals surface area contributed by atoms with Gasteiger partial charge in [-0.05, 0) is 51.3 Å². The monoisotopic (exact) mass is 400 g/mol. The van der Waals surface area contributed by atoms with Crippen LogP contribution < -0.4 is 5.32 Å². The molecule has 10 nitrogen and oxygen atoms in total. The molecule has 1 amide bonds. The highest BCUT2D eigenvalue weighted by molar-refractivity contribution is 5.81. The molecule has 0 aliphatic carbocycles. The van der Waals surface area contributed by atoms with Gasteiger partial charge in [-0.15, -0.1) is 0 Å². The number of carbonyl (C=O) groups is 2. The minimum absolute atomic E-state index is 0.0393. The number of rotatable bonds is 10. The van der Waals surface area contributed by atoms with Crippen molar-refractivity contribution in [2.24, 2.45) is 0 Å². The SMILES string of the molecule is CC(C)(C)OC(=O)NC(Cc1ccc(O)cc1)C(=O)OCCCCON(O)O. The van der Waals surface area contributed by atoms with Crippen molar-refractivity contribution in [1.82, 2.24) is 10.7 Å². The van der Waals surface area contributed by atoms with Gasteiger partial charge in [0.15, 0.2) is 0 Å². The van der Waals surface area contributed by atoms with Crippen LogP contribution in [0.3, 0.4) is 0 Å². The third-order valence-corrected chi connectivity index (χ3v) is 3.34. The molecule has 1 rings (SSSR count). The Hall–Kier alpha value is -2.40. The molecule has 0 heterocycles. The van der Waals surface area contributed by atoms with Gasteiger partial charge in [0.1, 0.15) is 17.4 Å². The van der Waals surface area contributed by atoms with Crippen LogP contribution in [0.25, 0.3) is 0 Å². The van der Waals surface area contributed by atoms with Crippen LogP contribution in [0.5, 0.6) is 5.75 Å². The second-order valence-corrected chi connectivity index (χ2v) is 7.03. The lowest BCUT2D eigenvalue weighted by Gasteiger charge is -2.23. The normalized spacial score (nSPS) is 12.5. The van der Waals surface area contributed by atoms with E-state index >= 15 is 0 Å². The third kappa shape index (κ3) is 10.7. The van der Waals surface area contributed by atoms with Gasteiger partial charge in [-0.2, -0.15) is 0 Å². The molecule has 1 aromatic carbocycles. The maximum Gasteiger partial charge on any atom is 0.408 e. The average molecular weight is 400 g/mol. The summed E-state index contributed by atoms with van der Waals surface area (Å²) in [6.07, 6.45) is 0.267. The zero-order valence-corrected chi connectivity index (χ0v) is 16.3. The van der Waals surface area contributed by atoms with Crippen LogP contribution in [-0.4, -0.2) is 57.8 Å². The van der Waals surface area contributed by atoms with E-state index in [1.165, 1.54) is 12.1 Å². The molecule has 1 unspecified atom stereocenters. The number of alkyl carbamates (subject to hydrolysis) is 1. The van der Waals surface area contributed by atoms with E-state index in [9.17, 15) is 14.7 Å². The van der Waals surface area contributed by atoms with E-state index in [0.717, 1.165) is 5.56 Å².